The molecule has 0 bridgehead atoms. The number of amides is 1. The number of rotatable bonds is 4. The number of aromatic hydroxyl groups is 1. The number of carbonyl (C=O) groups excluding carboxylic acids is 1. The Bertz CT molecular complexity index is 1320. The van der Waals surface area contributed by atoms with Crippen LogP contribution < -0.4 is 5.32 Å². The number of aliphatic imine (C=N–C) groups is 1. The van der Waals surface area contributed by atoms with E-state index in [1.807, 2.05) is 61.5 Å². The number of aryl methyl sites for hydroxylation is 1. The molecular formula is C24H18N2O3S2. The molecule has 0 atom stereocenters. The highest BCUT2D eigenvalue weighted by Gasteiger charge is 2.21. The SMILES string of the molecule is Cc1ccc(CNC(=O)c2ccc3c(c2)N=C(c2ccc(O)s2)c2ccccc2S3)o1. The molecule has 0 spiro atoms. The van der Waals surface area contributed by atoms with Crippen LogP contribution in [0.15, 0.2) is 85.9 Å². The lowest BCUT2D eigenvalue weighted by molar-refractivity contribution is 0.0948. The van der Waals surface area contributed by atoms with Gasteiger partial charge in [0.2, 0.25) is 0 Å². The van der Waals surface area contributed by atoms with Gasteiger partial charge >= 0.3 is 0 Å². The van der Waals surface area contributed by atoms with Gasteiger partial charge in [0.25, 0.3) is 5.91 Å². The minimum Gasteiger partial charge on any atom is -0.499 e. The molecular weight excluding hydrogens is 428 g/mol. The number of nitrogens with zero attached hydrogens (tertiary/aromatic N) is 1. The molecule has 0 fully saturated rings. The van der Waals surface area contributed by atoms with Crippen molar-refractivity contribution in [3.63, 3.8) is 0 Å². The van der Waals surface area contributed by atoms with Gasteiger partial charge < -0.3 is 14.8 Å². The summed E-state index contributed by atoms with van der Waals surface area (Å²) in [4.78, 5) is 20.6. The van der Waals surface area contributed by atoms with Crippen LogP contribution in [0.25, 0.3) is 0 Å². The number of fused-ring (bicyclic) bond motifs is 2. The van der Waals surface area contributed by atoms with E-state index in [9.17, 15) is 9.90 Å². The minimum absolute atomic E-state index is 0.186. The fourth-order valence-corrected chi connectivity index (χ4v) is 5.13. The highest BCUT2D eigenvalue weighted by atomic mass is 32.2. The first-order valence-electron chi connectivity index (χ1n) is 9.69. The molecule has 0 radical (unpaired) electrons. The van der Waals surface area contributed by atoms with Crippen LogP contribution in [0.3, 0.4) is 0 Å². The predicted molar refractivity (Wildman–Crippen MR) is 123 cm³/mol. The van der Waals surface area contributed by atoms with Crippen molar-refractivity contribution < 1.29 is 14.3 Å². The Morgan fingerprint density at radius 1 is 1.06 bits per heavy atom. The Morgan fingerprint density at radius 3 is 2.71 bits per heavy atom. The average molecular weight is 447 g/mol. The van der Waals surface area contributed by atoms with Crippen molar-refractivity contribution in [2.75, 3.05) is 0 Å². The van der Waals surface area contributed by atoms with Crippen LogP contribution in [0.4, 0.5) is 5.69 Å². The smallest absolute Gasteiger partial charge is 0.251 e. The zero-order valence-electron chi connectivity index (χ0n) is 16.6. The third-order valence-corrected chi connectivity index (χ3v) is 6.90. The highest BCUT2D eigenvalue weighted by molar-refractivity contribution is 7.99. The maximum Gasteiger partial charge on any atom is 0.251 e. The molecule has 1 amide bonds. The van der Waals surface area contributed by atoms with Gasteiger partial charge in [-0.1, -0.05) is 41.3 Å². The lowest BCUT2D eigenvalue weighted by Gasteiger charge is -2.07. The maximum absolute atomic E-state index is 12.7. The van der Waals surface area contributed by atoms with Crippen LogP contribution in [0.2, 0.25) is 0 Å². The Hall–Kier alpha value is -3.29. The van der Waals surface area contributed by atoms with Crippen LogP contribution in [0.5, 0.6) is 5.06 Å². The largest absolute Gasteiger partial charge is 0.499 e. The van der Waals surface area contributed by atoms with E-state index in [-0.39, 0.29) is 11.0 Å². The van der Waals surface area contributed by atoms with Crippen LogP contribution in [-0.2, 0) is 6.54 Å². The molecule has 2 aromatic heterocycles. The van der Waals surface area contributed by atoms with Gasteiger partial charge in [-0.25, -0.2) is 4.99 Å². The Kier molecular flexibility index (Phi) is 5.13. The molecule has 3 heterocycles. The normalized spacial score (nSPS) is 12.5. The van der Waals surface area contributed by atoms with Crippen LogP contribution in [-0.4, -0.2) is 16.7 Å². The zero-order valence-corrected chi connectivity index (χ0v) is 18.2. The van der Waals surface area contributed by atoms with E-state index in [2.05, 4.69) is 11.4 Å². The number of hydrogen-bond acceptors (Lipinski definition) is 6. The van der Waals surface area contributed by atoms with Crippen LogP contribution >= 0.6 is 23.1 Å². The van der Waals surface area contributed by atoms with Crippen molar-refractivity contribution in [1.29, 1.82) is 0 Å². The van der Waals surface area contributed by atoms with Gasteiger partial charge in [0.15, 0.2) is 5.06 Å². The molecule has 0 saturated carbocycles. The summed E-state index contributed by atoms with van der Waals surface area (Å²) in [5.41, 5.74) is 3.05. The molecule has 7 heteroatoms. The van der Waals surface area contributed by atoms with Gasteiger partial charge in [-0.3, -0.25) is 4.79 Å². The van der Waals surface area contributed by atoms with Crippen molar-refractivity contribution >= 4 is 40.4 Å². The summed E-state index contributed by atoms with van der Waals surface area (Å²) in [7, 11) is 0. The van der Waals surface area contributed by atoms with E-state index in [0.29, 0.717) is 17.9 Å². The first kappa shape index (κ1) is 19.7. The third kappa shape index (κ3) is 4.02. The number of thiophene rings is 1. The topological polar surface area (TPSA) is 74.8 Å². The standard InChI is InChI=1S/C24H18N2O3S2/c1-14-6-8-16(29-14)13-25-24(28)15-7-9-20-18(12-15)26-23(21-10-11-22(27)31-21)17-4-2-3-5-19(17)30-20/h2-12,27H,13H2,1H3,(H,25,28). The molecule has 154 valence electrons. The van der Waals surface area contributed by atoms with E-state index in [4.69, 9.17) is 9.41 Å². The minimum atomic E-state index is -0.186. The van der Waals surface area contributed by atoms with Crippen molar-refractivity contribution in [2.24, 2.45) is 4.99 Å². The van der Waals surface area contributed by atoms with Gasteiger partial charge in [-0.05, 0) is 55.5 Å². The molecule has 2 aromatic carbocycles. The van der Waals surface area contributed by atoms with E-state index < -0.39 is 0 Å². The lowest BCUT2D eigenvalue weighted by atomic mass is 10.1. The fraction of sp³-hybridized carbons (Fsp3) is 0.0833. The Balaban J connectivity index is 1.50. The fourth-order valence-electron chi connectivity index (χ4n) is 3.38. The molecule has 0 unspecified atom stereocenters. The molecule has 5 rings (SSSR count). The Labute approximate surface area is 187 Å². The predicted octanol–water partition coefficient (Wildman–Crippen LogP) is 5.92. The van der Waals surface area contributed by atoms with Crippen LogP contribution in [0, 0.1) is 6.92 Å². The van der Waals surface area contributed by atoms with Gasteiger partial charge in [0.1, 0.15) is 11.5 Å². The molecule has 0 saturated heterocycles. The average Bonchev–Trinajstić information content (AvgIpc) is 3.35. The summed E-state index contributed by atoms with van der Waals surface area (Å²) >= 11 is 2.91. The quantitative estimate of drug-likeness (QED) is 0.359. The van der Waals surface area contributed by atoms with Crippen molar-refractivity contribution in [3.8, 4) is 5.06 Å². The molecule has 1 aliphatic heterocycles. The number of furan rings is 1. The van der Waals surface area contributed by atoms with Gasteiger partial charge in [-0.15, -0.1) is 0 Å². The summed E-state index contributed by atoms with van der Waals surface area (Å²) in [5.74, 6) is 1.34. The molecule has 0 aliphatic carbocycles. The molecule has 1 aliphatic rings. The van der Waals surface area contributed by atoms with Crippen molar-refractivity contribution in [1.82, 2.24) is 5.32 Å². The first-order chi connectivity index (χ1) is 15.1. The second-order valence-corrected chi connectivity index (χ2v) is 9.22. The third-order valence-electron chi connectivity index (χ3n) is 4.86. The second-order valence-electron chi connectivity index (χ2n) is 7.07. The molecule has 31 heavy (non-hydrogen) atoms. The zero-order chi connectivity index (χ0) is 21.4. The first-order valence-corrected chi connectivity index (χ1v) is 11.3. The van der Waals surface area contributed by atoms with Gasteiger partial charge in [0.05, 0.1) is 22.8 Å². The van der Waals surface area contributed by atoms with E-state index >= 15 is 0 Å². The number of hydrogen-bond donors (Lipinski definition) is 2. The van der Waals surface area contributed by atoms with Gasteiger partial charge in [-0.2, -0.15) is 0 Å². The van der Waals surface area contributed by atoms with Crippen LogP contribution in [0.1, 0.15) is 32.3 Å². The van der Waals surface area contributed by atoms with Crippen molar-refractivity contribution in [2.45, 2.75) is 23.3 Å². The summed E-state index contributed by atoms with van der Waals surface area (Å²) < 4.78 is 5.52. The monoisotopic (exact) mass is 446 g/mol. The lowest BCUT2D eigenvalue weighted by Crippen LogP contribution is -2.22. The number of carbonyl (C=O) groups is 1. The summed E-state index contributed by atoms with van der Waals surface area (Å²) in [6.45, 7) is 2.20. The van der Waals surface area contributed by atoms with E-state index in [1.54, 1.807) is 17.8 Å². The number of nitrogens with one attached hydrogen (secondary N) is 1. The Morgan fingerprint density at radius 2 is 1.94 bits per heavy atom. The summed E-state index contributed by atoms with van der Waals surface area (Å²) in [6, 6.07) is 20.9. The second kappa shape index (κ2) is 8.09. The van der Waals surface area contributed by atoms with Gasteiger partial charge in [0, 0.05) is 20.9 Å². The van der Waals surface area contributed by atoms with Crippen molar-refractivity contribution in [3.05, 3.63) is 94.3 Å². The highest BCUT2D eigenvalue weighted by Crippen LogP contribution is 2.42. The molecule has 2 N–H and O–H groups in total. The van der Waals surface area contributed by atoms with E-state index in [0.717, 1.165) is 37.4 Å². The summed E-state index contributed by atoms with van der Waals surface area (Å²) in [6.07, 6.45) is 0. The van der Waals surface area contributed by atoms with E-state index in [1.165, 1.54) is 11.3 Å². The molecule has 5 nitrogen and oxygen atoms in total. The molecule has 4 aromatic rings. The summed E-state index contributed by atoms with van der Waals surface area (Å²) in [5, 5.41) is 13.0. The number of benzene rings is 2. The maximum atomic E-state index is 12.7.